The third kappa shape index (κ3) is 6.65. The fourth-order valence-electron chi connectivity index (χ4n) is 7.06. The monoisotopic (exact) mass is 734 g/mol. The summed E-state index contributed by atoms with van der Waals surface area (Å²) < 4.78 is 30.1. The zero-order valence-electron chi connectivity index (χ0n) is 29.4. The van der Waals surface area contributed by atoms with E-state index in [4.69, 9.17) is 0 Å². The van der Waals surface area contributed by atoms with E-state index in [0.29, 0.717) is 5.56 Å². The van der Waals surface area contributed by atoms with Crippen molar-refractivity contribution in [3.05, 3.63) is 218 Å². The minimum atomic E-state index is -3.13. The Hall–Kier alpha value is -6.11. The molecule has 8 aromatic carbocycles. The molecule has 8 aromatic rings. The quantitative estimate of drug-likeness (QED) is 0.104. The van der Waals surface area contributed by atoms with Gasteiger partial charge in [-0.25, -0.2) is 0 Å². The van der Waals surface area contributed by atoms with Crippen molar-refractivity contribution in [1.82, 2.24) is 0 Å². The highest BCUT2D eigenvalue weighted by Crippen LogP contribution is 2.44. The lowest BCUT2D eigenvalue weighted by molar-refractivity contribution is 0.112. The molecule has 3 nitrogen and oxygen atoms in total. The highest BCUT2D eigenvalue weighted by Gasteiger charge is 2.30. The van der Waals surface area contributed by atoms with E-state index >= 15 is 9.13 Å². The maximum Gasteiger partial charge on any atom is 0.171 e. The van der Waals surface area contributed by atoms with Crippen LogP contribution >= 0.6 is 14.3 Å². The van der Waals surface area contributed by atoms with Crippen LogP contribution in [0.15, 0.2) is 212 Å². The normalized spacial score (nSPS) is 11.6. The minimum Gasteiger partial charge on any atom is -0.309 e. The molecule has 260 valence electrons. The van der Waals surface area contributed by atoms with Gasteiger partial charge in [0, 0.05) is 37.4 Å². The number of hydrogen-bond donors (Lipinski definition) is 0. The van der Waals surface area contributed by atoms with Gasteiger partial charge in [0.15, 0.2) is 14.3 Å². The molecular weight excluding hydrogens is 698 g/mol. The topological polar surface area (TPSA) is 51.2 Å². The Balaban J connectivity index is 1.22. The number of hydrogen-bond acceptors (Lipinski definition) is 3. The first-order valence-electron chi connectivity index (χ1n) is 17.8. The van der Waals surface area contributed by atoms with E-state index in [1.54, 1.807) is 0 Å². The van der Waals surface area contributed by atoms with E-state index in [9.17, 15) is 4.79 Å². The summed E-state index contributed by atoms with van der Waals surface area (Å²) in [5.74, 6) is 0. The molecule has 0 saturated heterocycles. The molecule has 0 aliphatic rings. The smallest absolute Gasteiger partial charge is 0.171 e. The van der Waals surface area contributed by atoms with Gasteiger partial charge in [-0.3, -0.25) is 4.79 Å². The molecule has 0 aliphatic heterocycles. The van der Waals surface area contributed by atoms with Crippen molar-refractivity contribution in [2.75, 3.05) is 0 Å². The van der Waals surface area contributed by atoms with Gasteiger partial charge in [0.05, 0.1) is 0 Å². The van der Waals surface area contributed by atoms with Gasteiger partial charge >= 0.3 is 0 Å². The average Bonchev–Trinajstić information content (AvgIpc) is 3.27. The van der Waals surface area contributed by atoms with Crippen molar-refractivity contribution in [1.29, 1.82) is 0 Å². The Morgan fingerprint density at radius 1 is 0.278 bits per heavy atom. The predicted octanol–water partition coefficient (Wildman–Crippen LogP) is 9.78. The molecule has 0 aliphatic carbocycles. The van der Waals surface area contributed by atoms with Crippen molar-refractivity contribution < 1.29 is 13.9 Å². The van der Waals surface area contributed by atoms with Gasteiger partial charge in [0.1, 0.15) is 6.29 Å². The lowest BCUT2D eigenvalue weighted by Crippen LogP contribution is -2.24. The third-order valence-electron chi connectivity index (χ3n) is 9.92. The van der Waals surface area contributed by atoms with Crippen LogP contribution in [0.5, 0.6) is 0 Å². The molecule has 0 amide bonds. The molecule has 8 rings (SSSR count). The molecule has 0 fully saturated rings. The second-order valence-corrected chi connectivity index (χ2v) is 18.7. The summed E-state index contributed by atoms with van der Waals surface area (Å²) in [4.78, 5) is 11.5. The molecule has 0 bridgehead atoms. The Labute approximate surface area is 316 Å². The number of benzene rings is 8. The Morgan fingerprint density at radius 2 is 0.519 bits per heavy atom. The second kappa shape index (κ2) is 15.1. The first-order chi connectivity index (χ1) is 26.5. The second-order valence-electron chi connectivity index (χ2n) is 13.2. The summed E-state index contributed by atoms with van der Waals surface area (Å²) in [6.45, 7) is 0. The van der Waals surface area contributed by atoms with E-state index in [2.05, 4.69) is 18.2 Å². The number of carbonyl (C=O) groups excluding carboxylic acids is 1. The van der Waals surface area contributed by atoms with E-state index in [1.807, 2.05) is 194 Å². The lowest BCUT2D eigenvalue weighted by Gasteiger charge is -2.21. The summed E-state index contributed by atoms with van der Waals surface area (Å²) in [6, 6.07) is 68.9. The van der Waals surface area contributed by atoms with Crippen LogP contribution in [0.25, 0.3) is 33.4 Å². The van der Waals surface area contributed by atoms with Crippen LogP contribution in [0, 0.1) is 0 Å². The van der Waals surface area contributed by atoms with Gasteiger partial charge in [0.25, 0.3) is 0 Å². The van der Waals surface area contributed by atoms with Gasteiger partial charge in [-0.05, 0) is 51.6 Å². The van der Waals surface area contributed by atoms with Gasteiger partial charge in [-0.15, -0.1) is 0 Å². The molecular formula is C49H36O3P2. The van der Waals surface area contributed by atoms with Crippen LogP contribution in [-0.2, 0) is 9.13 Å². The molecule has 0 N–H and O–H groups in total. The molecule has 0 aromatic heterocycles. The molecule has 0 radical (unpaired) electrons. The molecule has 0 atom stereocenters. The average molecular weight is 735 g/mol. The summed E-state index contributed by atoms with van der Waals surface area (Å²) in [6.07, 6.45) is 0.849. The van der Waals surface area contributed by atoms with Crippen molar-refractivity contribution in [2.24, 2.45) is 0 Å². The first-order valence-corrected chi connectivity index (χ1v) is 21.2. The molecule has 54 heavy (non-hydrogen) atoms. The maximum absolute atomic E-state index is 15.0. The number of rotatable bonds is 10. The van der Waals surface area contributed by atoms with Crippen LogP contribution in [0.1, 0.15) is 10.4 Å². The SMILES string of the molecule is O=Cc1ccc(-c2cc(-c3ccc(P(=O)(c4ccccc4)c4ccccc4)cc3)cc(-c3ccc(P(=O)(c4ccccc4)c4ccccc4)cc3)c2)cc1. The van der Waals surface area contributed by atoms with Crippen LogP contribution in [0.2, 0.25) is 0 Å². The van der Waals surface area contributed by atoms with E-state index in [0.717, 1.165) is 71.5 Å². The predicted molar refractivity (Wildman–Crippen MR) is 227 cm³/mol. The van der Waals surface area contributed by atoms with Crippen LogP contribution in [-0.4, -0.2) is 6.29 Å². The third-order valence-corrected chi connectivity index (χ3v) is 16.1. The standard InChI is InChI=1S/C49H36O3P2/c50-36-37-21-23-38(24-22-37)41-33-42(39-25-29-48(30-26-39)53(51,44-13-5-1-6-14-44)45-15-7-2-8-16-45)35-43(34-41)40-27-31-49(32-28-40)54(52,46-17-9-3-10-18-46)47-19-11-4-12-20-47/h1-36H. The van der Waals surface area contributed by atoms with Gasteiger partial charge < -0.3 is 9.13 Å². The summed E-state index contributed by atoms with van der Waals surface area (Å²) >= 11 is 0. The fraction of sp³-hybridized carbons (Fsp3) is 0. The summed E-state index contributed by atoms with van der Waals surface area (Å²) in [5, 5.41) is 4.70. The highest BCUT2D eigenvalue weighted by molar-refractivity contribution is 7.85. The first kappa shape index (κ1) is 34.9. The molecule has 0 spiro atoms. The van der Waals surface area contributed by atoms with Gasteiger partial charge in [-0.2, -0.15) is 0 Å². The van der Waals surface area contributed by atoms with Crippen LogP contribution in [0.3, 0.4) is 0 Å². The minimum absolute atomic E-state index is 0.615. The van der Waals surface area contributed by atoms with Crippen molar-refractivity contribution in [2.45, 2.75) is 0 Å². The largest absolute Gasteiger partial charge is 0.309 e. The van der Waals surface area contributed by atoms with Crippen molar-refractivity contribution in [3.63, 3.8) is 0 Å². The zero-order valence-corrected chi connectivity index (χ0v) is 31.2. The lowest BCUT2D eigenvalue weighted by atomic mass is 9.93. The molecule has 5 heteroatoms. The van der Waals surface area contributed by atoms with E-state index in [-0.39, 0.29) is 0 Å². The maximum atomic E-state index is 15.0. The Bertz CT molecular complexity index is 2380. The van der Waals surface area contributed by atoms with Crippen LogP contribution in [0.4, 0.5) is 0 Å². The van der Waals surface area contributed by atoms with Crippen molar-refractivity contribution >= 4 is 52.4 Å². The summed E-state index contributed by atoms with van der Waals surface area (Å²) in [5.41, 5.74) is 6.53. The summed E-state index contributed by atoms with van der Waals surface area (Å²) in [7, 11) is -6.25. The van der Waals surface area contributed by atoms with Crippen molar-refractivity contribution in [3.8, 4) is 33.4 Å². The molecule has 0 unspecified atom stereocenters. The van der Waals surface area contributed by atoms with Gasteiger partial charge in [0.2, 0.25) is 0 Å². The molecule has 0 saturated carbocycles. The van der Waals surface area contributed by atoms with Crippen LogP contribution < -0.4 is 31.8 Å². The Morgan fingerprint density at radius 3 is 0.778 bits per heavy atom. The Kier molecular flexibility index (Phi) is 9.77. The highest BCUT2D eigenvalue weighted by atomic mass is 31.2. The number of carbonyl (C=O) groups is 1. The van der Waals surface area contributed by atoms with E-state index in [1.165, 1.54) is 0 Å². The molecule has 0 heterocycles. The zero-order chi connectivity index (χ0) is 37.0. The fourth-order valence-corrected chi connectivity index (χ4v) is 12.4. The van der Waals surface area contributed by atoms with Gasteiger partial charge in [-0.1, -0.05) is 194 Å². The van der Waals surface area contributed by atoms with E-state index < -0.39 is 14.3 Å². The number of aldehydes is 1.